The zero-order valence-electron chi connectivity index (χ0n) is 5.67. The molecule has 0 amide bonds. The van der Waals surface area contributed by atoms with Gasteiger partial charge in [0, 0.05) is 0 Å². The first-order valence-corrected chi connectivity index (χ1v) is 3.00. The van der Waals surface area contributed by atoms with Crippen LogP contribution in [-0.4, -0.2) is 6.29 Å². The van der Waals surface area contributed by atoms with E-state index in [-0.39, 0.29) is 11.1 Å². The van der Waals surface area contributed by atoms with Gasteiger partial charge in [-0.1, -0.05) is 12.0 Å². The molecule has 1 nitrogen and oxygen atoms in total. The Labute approximate surface area is 63.9 Å². The molecule has 1 aromatic rings. The van der Waals surface area contributed by atoms with Crippen molar-refractivity contribution in [3.63, 3.8) is 0 Å². The average molecular weight is 148 g/mol. The highest BCUT2D eigenvalue weighted by atomic mass is 19.1. The first kappa shape index (κ1) is 7.49. The van der Waals surface area contributed by atoms with Crippen molar-refractivity contribution in [2.75, 3.05) is 0 Å². The first-order valence-electron chi connectivity index (χ1n) is 3.00. The summed E-state index contributed by atoms with van der Waals surface area (Å²) in [7, 11) is 0. The van der Waals surface area contributed by atoms with Crippen molar-refractivity contribution < 1.29 is 9.18 Å². The van der Waals surface area contributed by atoms with Crippen LogP contribution in [0.15, 0.2) is 18.2 Å². The summed E-state index contributed by atoms with van der Waals surface area (Å²) in [6, 6.07) is 4.37. The van der Waals surface area contributed by atoms with Crippen LogP contribution in [0.4, 0.5) is 4.39 Å². The largest absolute Gasteiger partial charge is 0.298 e. The van der Waals surface area contributed by atoms with Crippen molar-refractivity contribution in [2.24, 2.45) is 0 Å². The van der Waals surface area contributed by atoms with Gasteiger partial charge in [0.05, 0.1) is 11.1 Å². The number of carbonyl (C=O) groups excluding carboxylic acids is 1. The normalized spacial score (nSPS) is 8.73. The molecule has 0 radical (unpaired) electrons. The Morgan fingerprint density at radius 2 is 2.27 bits per heavy atom. The van der Waals surface area contributed by atoms with Gasteiger partial charge < -0.3 is 0 Å². The molecule has 0 aliphatic rings. The minimum atomic E-state index is -0.620. The van der Waals surface area contributed by atoms with Gasteiger partial charge in [0.2, 0.25) is 0 Å². The molecule has 0 N–H and O–H groups in total. The van der Waals surface area contributed by atoms with E-state index in [1.807, 2.05) is 0 Å². The lowest BCUT2D eigenvalue weighted by Crippen LogP contribution is -1.90. The van der Waals surface area contributed by atoms with Crippen molar-refractivity contribution >= 4 is 6.29 Å². The molecule has 0 spiro atoms. The van der Waals surface area contributed by atoms with Crippen molar-refractivity contribution in [1.29, 1.82) is 0 Å². The summed E-state index contributed by atoms with van der Waals surface area (Å²) in [4.78, 5) is 10.2. The summed E-state index contributed by atoms with van der Waals surface area (Å²) in [6.45, 7) is 0. The summed E-state index contributed by atoms with van der Waals surface area (Å²) in [5.41, 5.74) is 0.120. The highest BCUT2D eigenvalue weighted by Gasteiger charge is 2.03. The number of carbonyl (C=O) groups is 1. The molecule has 0 aliphatic carbocycles. The highest BCUT2D eigenvalue weighted by Crippen LogP contribution is 2.09. The minimum absolute atomic E-state index is 0.000417. The van der Waals surface area contributed by atoms with Crippen LogP contribution >= 0.6 is 0 Å². The molecule has 1 aromatic carbocycles. The molecule has 1 rings (SSSR count). The van der Waals surface area contributed by atoms with Crippen LogP contribution in [0.3, 0.4) is 0 Å². The van der Waals surface area contributed by atoms with Gasteiger partial charge in [0.1, 0.15) is 5.82 Å². The maximum Gasteiger partial charge on any atom is 0.153 e. The lowest BCUT2D eigenvalue weighted by atomic mass is 10.1. The fraction of sp³-hybridized carbons (Fsp3) is 0. The molecule has 0 atom stereocenters. The highest BCUT2D eigenvalue weighted by molar-refractivity contribution is 5.76. The van der Waals surface area contributed by atoms with Crippen LogP contribution < -0.4 is 0 Å². The van der Waals surface area contributed by atoms with Crippen molar-refractivity contribution in [1.82, 2.24) is 0 Å². The SMILES string of the molecule is C#Cc1cccc(C=O)c1F. The maximum atomic E-state index is 12.9. The Morgan fingerprint density at radius 3 is 2.82 bits per heavy atom. The number of hydrogen-bond donors (Lipinski definition) is 0. The van der Waals surface area contributed by atoms with E-state index < -0.39 is 5.82 Å². The van der Waals surface area contributed by atoms with E-state index in [1.165, 1.54) is 12.1 Å². The van der Waals surface area contributed by atoms with Crippen LogP contribution in [0.5, 0.6) is 0 Å². The fourth-order valence-electron chi connectivity index (χ4n) is 0.752. The number of halogens is 1. The Kier molecular flexibility index (Phi) is 2.03. The van der Waals surface area contributed by atoms with Gasteiger partial charge in [-0.15, -0.1) is 6.42 Å². The monoisotopic (exact) mass is 148 g/mol. The lowest BCUT2D eigenvalue weighted by molar-refractivity contribution is 0.112. The molecule has 54 valence electrons. The Bertz CT molecular complexity index is 323. The molecule has 0 bridgehead atoms. The van der Waals surface area contributed by atoms with E-state index in [0.717, 1.165) is 0 Å². The second-order valence-corrected chi connectivity index (χ2v) is 1.97. The standard InChI is InChI=1S/C9H5FO/c1-2-7-4-3-5-8(6-11)9(7)10/h1,3-6H. The van der Waals surface area contributed by atoms with Gasteiger partial charge in [-0.3, -0.25) is 4.79 Å². The predicted molar refractivity (Wildman–Crippen MR) is 39.7 cm³/mol. The van der Waals surface area contributed by atoms with E-state index in [4.69, 9.17) is 6.42 Å². The molecule has 2 heteroatoms. The summed E-state index contributed by atoms with van der Waals surface area (Å²) in [5, 5.41) is 0. The quantitative estimate of drug-likeness (QED) is 0.437. The Balaban J connectivity index is 3.34. The molecule has 0 unspecified atom stereocenters. The van der Waals surface area contributed by atoms with Gasteiger partial charge in [-0.25, -0.2) is 4.39 Å². The van der Waals surface area contributed by atoms with Crippen molar-refractivity contribution in [2.45, 2.75) is 0 Å². The number of rotatable bonds is 1. The molecule has 11 heavy (non-hydrogen) atoms. The topological polar surface area (TPSA) is 17.1 Å². The van der Waals surface area contributed by atoms with E-state index in [9.17, 15) is 9.18 Å². The van der Waals surface area contributed by atoms with Crippen LogP contribution in [0.1, 0.15) is 15.9 Å². The molecule has 0 saturated heterocycles. The van der Waals surface area contributed by atoms with Gasteiger partial charge in [0.25, 0.3) is 0 Å². The minimum Gasteiger partial charge on any atom is -0.298 e. The molecule has 0 aromatic heterocycles. The second kappa shape index (κ2) is 2.98. The summed E-state index contributed by atoms with van der Waals surface area (Å²) < 4.78 is 12.9. The van der Waals surface area contributed by atoms with Crippen molar-refractivity contribution in [3.05, 3.63) is 35.1 Å². The zero-order chi connectivity index (χ0) is 8.27. The van der Waals surface area contributed by atoms with E-state index in [1.54, 1.807) is 6.07 Å². The van der Waals surface area contributed by atoms with Crippen LogP contribution in [0.25, 0.3) is 0 Å². The summed E-state index contributed by atoms with van der Waals surface area (Å²) in [6.07, 6.45) is 5.41. The van der Waals surface area contributed by atoms with E-state index >= 15 is 0 Å². The van der Waals surface area contributed by atoms with E-state index in [2.05, 4.69) is 5.92 Å². The first-order chi connectivity index (χ1) is 5.29. The van der Waals surface area contributed by atoms with Gasteiger partial charge in [-0.05, 0) is 12.1 Å². The molecule has 0 saturated carbocycles. The van der Waals surface area contributed by atoms with Crippen molar-refractivity contribution in [3.8, 4) is 12.3 Å². The third-order valence-corrected chi connectivity index (χ3v) is 1.31. The molecule has 0 fully saturated rings. The zero-order valence-corrected chi connectivity index (χ0v) is 5.67. The van der Waals surface area contributed by atoms with Crippen LogP contribution in [0.2, 0.25) is 0 Å². The molecular formula is C9H5FO. The second-order valence-electron chi connectivity index (χ2n) is 1.97. The molecule has 0 aliphatic heterocycles. The average Bonchev–Trinajstić information content (AvgIpc) is 2.05. The number of hydrogen-bond acceptors (Lipinski definition) is 1. The van der Waals surface area contributed by atoms with E-state index in [0.29, 0.717) is 6.29 Å². The third kappa shape index (κ3) is 1.27. The van der Waals surface area contributed by atoms with Gasteiger partial charge in [-0.2, -0.15) is 0 Å². The molecular weight excluding hydrogens is 143 g/mol. The number of terminal acetylenes is 1. The number of aldehydes is 1. The maximum absolute atomic E-state index is 12.9. The molecule has 0 heterocycles. The number of benzene rings is 1. The van der Waals surface area contributed by atoms with Gasteiger partial charge >= 0.3 is 0 Å². The van der Waals surface area contributed by atoms with Crippen LogP contribution in [0, 0.1) is 18.2 Å². The fourth-order valence-corrected chi connectivity index (χ4v) is 0.752. The third-order valence-electron chi connectivity index (χ3n) is 1.31. The Hall–Kier alpha value is -1.62. The smallest absolute Gasteiger partial charge is 0.153 e. The van der Waals surface area contributed by atoms with Crippen LogP contribution in [-0.2, 0) is 0 Å². The lowest BCUT2D eigenvalue weighted by Gasteiger charge is -1.95. The summed E-state index contributed by atoms with van der Waals surface area (Å²) >= 11 is 0. The predicted octanol–water partition coefficient (Wildman–Crippen LogP) is 1.62. The Morgan fingerprint density at radius 1 is 1.55 bits per heavy atom. The van der Waals surface area contributed by atoms with Gasteiger partial charge in [0.15, 0.2) is 6.29 Å². The summed E-state index contributed by atoms with van der Waals surface area (Å²) in [5.74, 6) is 1.52.